The Kier molecular flexibility index (Phi) is 7.77. The van der Waals surface area contributed by atoms with Crippen molar-refractivity contribution in [2.24, 2.45) is 11.8 Å². The van der Waals surface area contributed by atoms with E-state index in [0.717, 1.165) is 18.4 Å². The lowest BCUT2D eigenvalue weighted by molar-refractivity contribution is -0.143. The zero-order valence-corrected chi connectivity index (χ0v) is 19.3. The number of rotatable bonds is 6. The van der Waals surface area contributed by atoms with E-state index >= 15 is 0 Å². The Morgan fingerprint density at radius 2 is 1.88 bits per heavy atom. The molecule has 1 saturated carbocycles. The van der Waals surface area contributed by atoms with Gasteiger partial charge in [0, 0.05) is 6.54 Å². The van der Waals surface area contributed by atoms with E-state index in [2.05, 4.69) is 22.1 Å². The molecule has 0 saturated heterocycles. The Bertz CT molecular complexity index is 1070. The van der Waals surface area contributed by atoms with Crippen molar-refractivity contribution in [1.82, 2.24) is 14.9 Å². The first-order chi connectivity index (χ1) is 15.5. The van der Waals surface area contributed by atoms with Crippen LogP contribution >= 0.6 is 11.6 Å². The van der Waals surface area contributed by atoms with Crippen LogP contribution in [0.25, 0.3) is 0 Å². The summed E-state index contributed by atoms with van der Waals surface area (Å²) in [4.78, 5) is 28.5. The summed E-state index contributed by atoms with van der Waals surface area (Å²) in [5.41, 5.74) is -0.278. The van der Waals surface area contributed by atoms with Crippen LogP contribution in [0.1, 0.15) is 61.3 Å². The molecule has 0 spiro atoms. The summed E-state index contributed by atoms with van der Waals surface area (Å²) in [6.45, 7) is 3.61. The van der Waals surface area contributed by atoms with Crippen LogP contribution in [-0.2, 0) is 11.3 Å². The molecule has 3 N–H and O–H groups in total. The molecule has 1 fully saturated rings. The number of aromatic nitrogens is 2. The van der Waals surface area contributed by atoms with Crippen molar-refractivity contribution in [3.8, 4) is 11.8 Å². The van der Waals surface area contributed by atoms with E-state index in [1.165, 1.54) is 30.5 Å². The number of hydrogen-bond acceptors (Lipinski definition) is 4. The number of carbonyl (C=O) groups is 2. The number of halogens is 2. The predicted molar refractivity (Wildman–Crippen MR) is 121 cm³/mol. The topological polar surface area (TPSA) is 104 Å². The number of nitrogens with one attached hydrogen (secondary N) is 1. The Hall–Kier alpha value is -2.89. The number of carboxylic acid groups (broad SMARTS) is 1. The molecule has 176 valence electrons. The second kappa shape index (κ2) is 10.4. The SMILES string of the molecule is CC(C)(O)C#Cc1nc(Cl)n(Cc2ccc(F)cc2)c1C(=O)NCC1CCC(C(=O)O)CC1. The standard InChI is InChI=1S/C24H27ClFN3O4/c1-24(2,33)12-11-19-20(21(30)27-13-15-3-7-17(8-4-15)22(31)32)29(23(25)28-19)14-16-5-9-18(26)10-6-16/h5-6,9-10,15,17,33H,3-4,7-8,13-14H2,1-2H3,(H,27,30)(H,31,32). The number of benzene rings is 1. The van der Waals surface area contributed by atoms with E-state index in [9.17, 15) is 19.1 Å². The van der Waals surface area contributed by atoms with Gasteiger partial charge in [-0.25, -0.2) is 9.37 Å². The third-order valence-corrected chi connectivity index (χ3v) is 5.91. The van der Waals surface area contributed by atoms with Gasteiger partial charge in [0.15, 0.2) is 0 Å². The Labute approximate surface area is 197 Å². The Morgan fingerprint density at radius 3 is 2.45 bits per heavy atom. The third-order valence-electron chi connectivity index (χ3n) is 5.62. The monoisotopic (exact) mass is 475 g/mol. The number of aliphatic carboxylic acids is 1. The minimum atomic E-state index is -1.29. The highest BCUT2D eigenvalue weighted by Crippen LogP contribution is 2.28. The fraction of sp³-hybridized carbons (Fsp3) is 0.458. The van der Waals surface area contributed by atoms with E-state index in [4.69, 9.17) is 16.7 Å². The van der Waals surface area contributed by atoms with Crippen molar-refractivity contribution < 1.29 is 24.2 Å². The minimum Gasteiger partial charge on any atom is -0.481 e. The van der Waals surface area contributed by atoms with Gasteiger partial charge in [0.2, 0.25) is 5.28 Å². The molecular formula is C24H27ClFN3O4. The number of amides is 1. The van der Waals surface area contributed by atoms with E-state index in [1.54, 1.807) is 12.1 Å². The Morgan fingerprint density at radius 1 is 1.24 bits per heavy atom. The summed E-state index contributed by atoms with van der Waals surface area (Å²) in [6, 6.07) is 5.83. The maximum absolute atomic E-state index is 13.3. The molecule has 2 aromatic rings. The molecule has 0 radical (unpaired) electrons. The highest BCUT2D eigenvalue weighted by molar-refractivity contribution is 6.29. The molecule has 0 bridgehead atoms. The number of imidazole rings is 1. The highest BCUT2D eigenvalue weighted by atomic mass is 35.5. The average Bonchev–Trinajstić information content (AvgIpc) is 3.07. The maximum atomic E-state index is 13.3. The molecule has 9 heteroatoms. The zero-order valence-electron chi connectivity index (χ0n) is 18.6. The molecule has 33 heavy (non-hydrogen) atoms. The first-order valence-electron chi connectivity index (χ1n) is 10.8. The normalized spacial score (nSPS) is 18.3. The van der Waals surface area contributed by atoms with E-state index in [0.29, 0.717) is 19.4 Å². The second-order valence-corrected chi connectivity index (χ2v) is 9.20. The molecule has 3 rings (SSSR count). The van der Waals surface area contributed by atoms with Crippen LogP contribution in [0.2, 0.25) is 5.28 Å². The van der Waals surface area contributed by atoms with Gasteiger partial charge < -0.3 is 20.1 Å². The summed E-state index contributed by atoms with van der Waals surface area (Å²) in [5, 5.41) is 22.1. The Balaban J connectivity index is 1.82. The summed E-state index contributed by atoms with van der Waals surface area (Å²) in [7, 11) is 0. The molecule has 1 aliphatic carbocycles. The lowest BCUT2D eigenvalue weighted by atomic mass is 9.82. The van der Waals surface area contributed by atoms with Crippen LogP contribution in [0, 0.1) is 29.5 Å². The molecule has 1 aromatic heterocycles. The van der Waals surface area contributed by atoms with Gasteiger partial charge in [-0.15, -0.1) is 0 Å². The van der Waals surface area contributed by atoms with Gasteiger partial charge in [0.1, 0.15) is 22.8 Å². The average molecular weight is 476 g/mol. The van der Waals surface area contributed by atoms with Gasteiger partial charge in [0.25, 0.3) is 5.91 Å². The zero-order chi connectivity index (χ0) is 24.2. The van der Waals surface area contributed by atoms with Gasteiger partial charge in [-0.05, 0) is 80.7 Å². The van der Waals surface area contributed by atoms with Crippen molar-refractivity contribution >= 4 is 23.5 Å². The first kappa shape index (κ1) is 24.7. The van der Waals surface area contributed by atoms with Gasteiger partial charge in [-0.2, -0.15) is 0 Å². The largest absolute Gasteiger partial charge is 0.481 e. The van der Waals surface area contributed by atoms with Crippen molar-refractivity contribution in [1.29, 1.82) is 0 Å². The molecular weight excluding hydrogens is 449 g/mol. The molecule has 1 heterocycles. The molecule has 0 unspecified atom stereocenters. The fourth-order valence-electron chi connectivity index (χ4n) is 3.81. The summed E-state index contributed by atoms with van der Waals surface area (Å²) >= 11 is 6.33. The van der Waals surface area contributed by atoms with E-state index < -0.39 is 17.5 Å². The van der Waals surface area contributed by atoms with E-state index in [-0.39, 0.29) is 40.9 Å². The van der Waals surface area contributed by atoms with Crippen molar-refractivity contribution in [2.75, 3.05) is 6.54 Å². The van der Waals surface area contributed by atoms with Gasteiger partial charge in [0.05, 0.1) is 12.5 Å². The lowest BCUT2D eigenvalue weighted by Crippen LogP contribution is -2.34. The number of carboxylic acids is 1. The van der Waals surface area contributed by atoms with Gasteiger partial charge >= 0.3 is 5.97 Å². The van der Waals surface area contributed by atoms with Crippen LogP contribution in [0.15, 0.2) is 24.3 Å². The van der Waals surface area contributed by atoms with Gasteiger partial charge in [-0.3, -0.25) is 9.59 Å². The van der Waals surface area contributed by atoms with Crippen LogP contribution in [-0.4, -0.2) is 43.8 Å². The van der Waals surface area contributed by atoms with Crippen molar-refractivity contribution in [3.05, 3.63) is 52.3 Å². The van der Waals surface area contributed by atoms with Crippen molar-refractivity contribution in [3.63, 3.8) is 0 Å². The summed E-state index contributed by atoms with van der Waals surface area (Å²) in [5.74, 6) is 3.69. The maximum Gasteiger partial charge on any atom is 0.306 e. The van der Waals surface area contributed by atoms with Crippen LogP contribution in [0.3, 0.4) is 0 Å². The molecule has 7 nitrogen and oxygen atoms in total. The number of hydrogen-bond donors (Lipinski definition) is 3. The number of aliphatic hydroxyl groups is 1. The lowest BCUT2D eigenvalue weighted by Gasteiger charge is -2.26. The molecule has 1 aromatic carbocycles. The van der Waals surface area contributed by atoms with Gasteiger partial charge in [-0.1, -0.05) is 18.1 Å². The highest BCUT2D eigenvalue weighted by Gasteiger charge is 2.27. The van der Waals surface area contributed by atoms with Crippen LogP contribution in [0.5, 0.6) is 0 Å². The molecule has 0 atom stereocenters. The molecule has 0 aliphatic heterocycles. The first-order valence-corrected chi connectivity index (χ1v) is 11.2. The van der Waals surface area contributed by atoms with E-state index in [1.807, 2.05) is 0 Å². The smallest absolute Gasteiger partial charge is 0.306 e. The molecule has 1 amide bonds. The predicted octanol–water partition coefficient (Wildman–Crippen LogP) is 3.47. The molecule has 1 aliphatic rings. The third kappa shape index (κ3) is 6.80. The van der Waals surface area contributed by atoms with Crippen molar-refractivity contribution in [2.45, 2.75) is 51.7 Å². The summed E-state index contributed by atoms with van der Waals surface area (Å²) in [6.07, 6.45) is 2.62. The van der Waals surface area contributed by atoms with Crippen LogP contribution in [0.4, 0.5) is 4.39 Å². The number of carbonyl (C=O) groups excluding carboxylic acids is 1. The minimum absolute atomic E-state index is 0.0477. The quantitative estimate of drug-likeness (QED) is 0.555. The number of nitrogens with zero attached hydrogens (tertiary/aromatic N) is 2. The fourth-order valence-corrected chi connectivity index (χ4v) is 4.03. The second-order valence-electron chi connectivity index (χ2n) is 8.87. The summed E-state index contributed by atoms with van der Waals surface area (Å²) < 4.78 is 14.8. The van der Waals surface area contributed by atoms with Crippen LogP contribution < -0.4 is 5.32 Å².